The van der Waals surface area contributed by atoms with Gasteiger partial charge in [-0.1, -0.05) is 17.7 Å². The summed E-state index contributed by atoms with van der Waals surface area (Å²) >= 11 is 0. The molecule has 3 N–H and O–H groups in total. The van der Waals surface area contributed by atoms with Crippen LogP contribution >= 0.6 is 0 Å². The van der Waals surface area contributed by atoms with E-state index < -0.39 is 0 Å². The number of carbonyl (C=O) groups excluding carboxylic acids is 1. The summed E-state index contributed by atoms with van der Waals surface area (Å²) in [5.74, 6) is 1.80. The highest BCUT2D eigenvalue weighted by atomic mass is 16.2. The third-order valence-electron chi connectivity index (χ3n) is 6.90. The lowest BCUT2D eigenvalue weighted by Gasteiger charge is -2.30. The quantitative estimate of drug-likeness (QED) is 0.604. The summed E-state index contributed by atoms with van der Waals surface area (Å²) in [5.41, 5.74) is 6.83. The van der Waals surface area contributed by atoms with Gasteiger partial charge in [-0.25, -0.2) is 9.78 Å². The molecule has 1 heterocycles. The van der Waals surface area contributed by atoms with E-state index in [1.807, 2.05) is 13.8 Å². The van der Waals surface area contributed by atoms with Gasteiger partial charge in [0.05, 0.1) is 5.69 Å². The van der Waals surface area contributed by atoms with Crippen LogP contribution in [-0.2, 0) is 12.8 Å². The number of nitrogens with zero attached hydrogens (tertiary/aromatic N) is 3. The number of aryl methyl sites for hydroxylation is 4. The van der Waals surface area contributed by atoms with Crippen LogP contribution in [0.3, 0.4) is 0 Å². The Labute approximate surface area is 197 Å². The zero-order valence-corrected chi connectivity index (χ0v) is 20.7. The Morgan fingerprint density at radius 1 is 0.939 bits per heavy atom. The molecule has 1 fully saturated rings. The van der Waals surface area contributed by atoms with E-state index in [-0.39, 0.29) is 12.1 Å². The van der Waals surface area contributed by atoms with Crippen molar-refractivity contribution in [1.29, 1.82) is 0 Å². The van der Waals surface area contributed by atoms with E-state index in [9.17, 15) is 4.79 Å². The van der Waals surface area contributed by atoms with Crippen molar-refractivity contribution in [1.82, 2.24) is 15.3 Å². The number of hydrogen-bond acceptors (Lipinski definition) is 5. The van der Waals surface area contributed by atoms with Gasteiger partial charge in [-0.3, -0.25) is 0 Å². The number of fused-ring (bicyclic) bond motifs is 1. The van der Waals surface area contributed by atoms with Crippen molar-refractivity contribution in [3.63, 3.8) is 0 Å². The minimum atomic E-state index is -0.116. The average molecular weight is 451 g/mol. The summed E-state index contributed by atoms with van der Waals surface area (Å²) in [7, 11) is 4.12. The predicted octanol–water partition coefficient (Wildman–Crippen LogP) is 4.89. The summed E-state index contributed by atoms with van der Waals surface area (Å²) in [6.07, 6.45) is 8.42. The Hall–Kier alpha value is -2.83. The molecule has 0 atom stereocenters. The van der Waals surface area contributed by atoms with E-state index in [2.05, 4.69) is 54.0 Å². The van der Waals surface area contributed by atoms with Crippen LogP contribution in [0.1, 0.15) is 66.5 Å². The number of urea groups is 1. The summed E-state index contributed by atoms with van der Waals surface area (Å²) in [6, 6.07) is 4.61. The SMILES string of the molecule is Cc1cc(C)c(NC(=O)N[C@H]2CC[C@@H](Nc3nc4c(c(N(C)C)n3)CCCC4)CC2)c(C)c1. The van der Waals surface area contributed by atoms with E-state index in [0.29, 0.717) is 6.04 Å². The second kappa shape index (κ2) is 9.98. The van der Waals surface area contributed by atoms with Crippen molar-refractivity contribution in [3.8, 4) is 0 Å². The fraction of sp³-hybridized carbons (Fsp3) is 0.577. The van der Waals surface area contributed by atoms with Crippen molar-refractivity contribution in [2.45, 2.75) is 84.2 Å². The number of rotatable bonds is 5. The lowest BCUT2D eigenvalue weighted by Crippen LogP contribution is -2.42. The second-order valence-electron chi connectivity index (χ2n) is 9.96. The van der Waals surface area contributed by atoms with Gasteiger partial charge in [-0.05, 0) is 83.3 Å². The molecule has 0 spiro atoms. The molecule has 7 heteroatoms. The molecule has 0 aliphatic heterocycles. The molecule has 0 unspecified atom stereocenters. The van der Waals surface area contributed by atoms with Crippen LogP contribution in [0.2, 0.25) is 0 Å². The molecule has 1 aromatic heterocycles. The lowest BCUT2D eigenvalue weighted by molar-refractivity contribution is 0.243. The first kappa shape index (κ1) is 23.3. The zero-order chi connectivity index (χ0) is 23.5. The number of amides is 2. The fourth-order valence-electron chi connectivity index (χ4n) is 5.29. The maximum absolute atomic E-state index is 12.6. The first-order chi connectivity index (χ1) is 15.8. The maximum atomic E-state index is 12.6. The zero-order valence-electron chi connectivity index (χ0n) is 20.7. The van der Waals surface area contributed by atoms with Crippen LogP contribution in [0.5, 0.6) is 0 Å². The third kappa shape index (κ3) is 5.57. The van der Waals surface area contributed by atoms with Crippen molar-refractivity contribution in [2.75, 3.05) is 29.6 Å². The average Bonchev–Trinajstić information content (AvgIpc) is 2.77. The summed E-state index contributed by atoms with van der Waals surface area (Å²) in [6.45, 7) is 6.15. The molecule has 2 amide bonds. The molecule has 2 aromatic rings. The van der Waals surface area contributed by atoms with Crippen LogP contribution in [-0.4, -0.2) is 42.2 Å². The van der Waals surface area contributed by atoms with Crippen molar-refractivity contribution < 1.29 is 4.79 Å². The van der Waals surface area contributed by atoms with Crippen LogP contribution in [0, 0.1) is 20.8 Å². The Bertz CT molecular complexity index is 987. The highest BCUT2D eigenvalue weighted by Crippen LogP contribution is 2.29. The van der Waals surface area contributed by atoms with Crippen LogP contribution in [0.25, 0.3) is 0 Å². The molecule has 0 saturated heterocycles. The van der Waals surface area contributed by atoms with E-state index in [0.717, 1.165) is 67.1 Å². The summed E-state index contributed by atoms with van der Waals surface area (Å²) < 4.78 is 0. The molecule has 4 rings (SSSR count). The van der Waals surface area contributed by atoms with E-state index in [1.54, 1.807) is 0 Å². The molecule has 0 radical (unpaired) electrons. The number of benzene rings is 1. The third-order valence-corrected chi connectivity index (χ3v) is 6.90. The molecule has 7 nitrogen and oxygen atoms in total. The van der Waals surface area contributed by atoms with Gasteiger partial charge in [-0.2, -0.15) is 4.98 Å². The number of carbonyl (C=O) groups is 1. The first-order valence-corrected chi connectivity index (χ1v) is 12.3. The van der Waals surface area contributed by atoms with Crippen molar-refractivity contribution in [3.05, 3.63) is 40.1 Å². The van der Waals surface area contributed by atoms with Gasteiger partial charge in [0.25, 0.3) is 0 Å². The molecule has 33 heavy (non-hydrogen) atoms. The Morgan fingerprint density at radius 2 is 1.58 bits per heavy atom. The van der Waals surface area contributed by atoms with Gasteiger partial charge in [0.15, 0.2) is 0 Å². The number of nitrogens with one attached hydrogen (secondary N) is 3. The minimum Gasteiger partial charge on any atom is -0.362 e. The highest BCUT2D eigenvalue weighted by Gasteiger charge is 2.25. The fourth-order valence-corrected chi connectivity index (χ4v) is 5.29. The summed E-state index contributed by atoms with van der Waals surface area (Å²) in [4.78, 5) is 24.4. The second-order valence-corrected chi connectivity index (χ2v) is 9.96. The predicted molar refractivity (Wildman–Crippen MR) is 135 cm³/mol. The monoisotopic (exact) mass is 450 g/mol. The molecule has 1 aromatic carbocycles. The molecule has 2 aliphatic rings. The molecule has 1 saturated carbocycles. The van der Waals surface area contributed by atoms with Crippen molar-refractivity contribution >= 4 is 23.5 Å². The van der Waals surface area contributed by atoms with Crippen LogP contribution in [0.15, 0.2) is 12.1 Å². The van der Waals surface area contributed by atoms with Crippen molar-refractivity contribution in [2.24, 2.45) is 0 Å². The van der Waals surface area contributed by atoms with E-state index >= 15 is 0 Å². The lowest BCUT2D eigenvalue weighted by atomic mass is 9.91. The Balaban J connectivity index is 1.31. The molecule has 178 valence electrons. The van der Waals surface area contributed by atoms with E-state index in [1.165, 1.54) is 29.7 Å². The highest BCUT2D eigenvalue weighted by molar-refractivity contribution is 5.91. The van der Waals surface area contributed by atoms with E-state index in [4.69, 9.17) is 9.97 Å². The Morgan fingerprint density at radius 3 is 2.24 bits per heavy atom. The molecular formula is C26H38N6O. The normalized spacial score (nSPS) is 20.0. The van der Waals surface area contributed by atoms with Crippen LogP contribution < -0.4 is 20.9 Å². The van der Waals surface area contributed by atoms with Gasteiger partial charge in [-0.15, -0.1) is 0 Å². The minimum absolute atomic E-state index is 0.116. The number of anilines is 3. The topological polar surface area (TPSA) is 82.2 Å². The van der Waals surface area contributed by atoms with Gasteiger partial charge < -0.3 is 20.9 Å². The largest absolute Gasteiger partial charge is 0.362 e. The van der Waals surface area contributed by atoms with Gasteiger partial charge in [0, 0.05) is 37.4 Å². The van der Waals surface area contributed by atoms with Crippen LogP contribution in [0.4, 0.5) is 22.2 Å². The molecular weight excluding hydrogens is 412 g/mol. The summed E-state index contributed by atoms with van der Waals surface area (Å²) in [5, 5.41) is 9.81. The number of hydrogen-bond donors (Lipinski definition) is 3. The smallest absolute Gasteiger partial charge is 0.319 e. The first-order valence-electron chi connectivity index (χ1n) is 12.3. The molecule has 0 bridgehead atoms. The number of aromatic nitrogens is 2. The van der Waals surface area contributed by atoms with Gasteiger partial charge >= 0.3 is 6.03 Å². The maximum Gasteiger partial charge on any atom is 0.319 e. The Kier molecular flexibility index (Phi) is 7.05. The molecule has 2 aliphatic carbocycles. The standard InChI is InChI=1S/C26H38N6O/c1-16-14-17(2)23(18(3)15-16)30-26(33)28-20-12-10-19(11-13-20)27-25-29-22-9-7-6-8-21(22)24(31-25)32(4)5/h14-15,19-20H,6-13H2,1-5H3,(H,27,29,31)(H2,28,30,33)/t19-,20+. The van der Waals surface area contributed by atoms with Gasteiger partial charge in [0.2, 0.25) is 5.95 Å². The van der Waals surface area contributed by atoms with Gasteiger partial charge in [0.1, 0.15) is 5.82 Å².